The average Bonchev–Trinajstić information content (AvgIpc) is 3.10. The number of benzene rings is 2. The van der Waals surface area contributed by atoms with Crippen molar-refractivity contribution in [3.63, 3.8) is 0 Å². The number of thiazole rings is 1. The molecule has 1 amide bonds. The maximum atomic E-state index is 12.6. The molecule has 4 nitrogen and oxygen atoms in total. The molecule has 0 atom stereocenters. The normalized spacial score (nSPS) is 10.3. The minimum Gasteiger partial charge on any atom is -0.347 e. The van der Waals surface area contributed by atoms with Crippen LogP contribution in [0.25, 0.3) is 0 Å². The molecule has 130 valence electrons. The van der Waals surface area contributed by atoms with Crippen LogP contribution in [0.1, 0.15) is 31.4 Å². The fourth-order valence-corrected chi connectivity index (χ4v) is 4.11. The highest BCUT2D eigenvalue weighted by atomic mass is 32.2. The van der Waals surface area contributed by atoms with E-state index in [1.54, 1.807) is 29.3 Å². The van der Waals surface area contributed by atoms with E-state index >= 15 is 0 Å². The molecule has 1 heterocycles. The predicted octanol–water partition coefficient (Wildman–Crippen LogP) is 4.55. The number of hydrogen-bond acceptors (Lipinski definition) is 5. The molecule has 3 rings (SSSR count). The molecule has 0 bridgehead atoms. The number of thioether (sulfide) groups is 1. The molecule has 1 aromatic heterocycles. The Hall–Kier alpha value is -2.62. The average molecular weight is 380 g/mol. The number of aryl methyl sites for hydroxylation is 1. The predicted molar refractivity (Wildman–Crippen MR) is 105 cm³/mol. The zero-order valence-electron chi connectivity index (χ0n) is 14.2. The number of carbonyl (C=O) groups excluding carboxylic acids is 1. The molecule has 0 spiro atoms. The summed E-state index contributed by atoms with van der Waals surface area (Å²) in [4.78, 5) is 18.7. The number of nitrogens with zero attached hydrogens (tertiary/aromatic N) is 2. The number of hydrogen-bond donors (Lipinski definition) is 1. The zero-order chi connectivity index (χ0) is 18.4. The lowest BCUT2D eigenvalue weighted by atomic mass is 10.2. The molecule has 6 heteroatoms. The van der Waals surface area contributed by atoms with Crippen LogP contribution in [0.4, 0.5) is 0 Å². The van der Waals surface area contributed by atoms with Crippen LogP contribution in [0, 0.1) is 18.3 Å². The van der Waals surface area contributed by atoms with Gasteiger partial charge in [0, 0.05) is 21.7 Å². The van der Waals surface area contributed by atoms with E-state index in [0.717, 1.165) is 26.1 Å². The Labute approximate surface area is 160 Å². The van der Waals surface area contributed by atoms with Gasteiger partial charge < -0.3 is 5.32 Å². The lowest BCUT2D eigenvalue weighted by Gasteiger charge is -2.09. The smallest absolute Gasteiger partial charge is 0.252 e. The summed E-state index contributed by atoms with van der Waals surface area (Å²) in [7, 11) is 0. The molecule has 0 aliphatic heterocycles. The van der Waals surface area contributed by atoms with E-state index in [2.05, 4.69) is 16.4 Å². The third-order valence-corrected chi connectivity index (χ3v) is 5.76. The highest BCUT2D eigenvalue weighted by Gasteiger charge is 2.12. The van der Waals surface area contributed by atoms with E-state index in [-0.39, 0.29) is 5.91 Å². The first-order valence-corrected chi connectivity index (χ1v) is 9.86. The van der Waals surface area contributed by atoms with Crippen molar-refractivity contribution in [1.82, 2.24) is 10.3 Å². The van der Waals surface area contributed by atoms with E-state index in [0.29, 0.717) is 17.7 Å². The summed E-state index contributed by atoms with van der Waals surface area (Å²) in [5.41, 5.74) is 2.44. The topological polar surface area (TPSA) is 65.8 Å². The molecule has 0 saturated heterocycles. The second kappa shape index (κ2) is 8.65. The summed E-state index contributed by atoms with van der Waals surface area (Å²) < 4.78 is 0. The minimum absolute atomic E-state index is 0.0843. The van der Waals surface area contributed by atoms with Crippen molar-refractivity contribution in [1.29, 1.82) is 5.26 Å². The molecule has 3 aromatic rings. The van der Waals surface area contributed by atoms with Crippen molar-refractivity contribution in [2.24, 2.45) is 0 Å². The molecule has 26 heavy (non-hydrogen) atoms. The largest absolute Gasteiger partial charge is 0.347 e. The first kappa shape index (κ1) is 18.2. The van der Waals surface area contributed by atoms with Gasteiger partial charge in [0.05, 0.1) is 28.7 Å². The molecular formula is C20H17N3OS2. The SMILES string of the molecule is Cc1ncc(CNC(=O)c2ccccc2SCc2ccc(C#N)cc2)s1. The Morgan fingerprint density at radius 3 is 2.69 bits per heavy atom. The van der Waals surface area contributed by atoms with Gasteiger partial charge in [-0.3, -0.25) is 4.79 Å². The van der Waals surface area contributed by atoms with Crippen molar-refractivity contribution in [2.75, 3.05) is 0 Å². The number of amides is 1. The van der Waals surface area contributed by atoms with Crippen molar-refractivity contribution >= 4 is 29.0 Å². The van der Waals surface area contributed by atoms with Gasteiger partial charge in [-0.2, -0.15) is 5.26 Å². The lowest BCUT2D eigenvalue weighted by Crippen LogP contribution is -2.22. The van der Waals surface area contributed by atoms with E-state index in [1.165, 1.54) is 0 Å². The Morgan fingerprint density at radius 2 is 2.00 bits per heavy atom. The summed E-state index contributed by atoms with van der Waals surface area (Å²) in [6.45, 7) is 2.43. The van der Waals surface area contributed by atoms with Gasteiger partial charge in [0.15, 0.2) is 0 Å². The van der Waals surface area contributed by atoms with Gasteiger partial charge in [0.1, 0.15) is 0 Å². The first-order chi connectivity index (χ1) is 12.7. The molecule has 0 fully saturated rings. The lowest BCUT2D eigenvalue weighted by molar-refractivity contribution is 0.0948. The third-order valence-electron chi connectivity index (χ3n) is 3.70. The van der Waals surface area contributed by atoms with E-state index in [9.17, 15) is 4.79 Å². The highest BCUT2D eigenvalue weighted by Crippen LogP contribution is 2.26. The maximum Gasteiger partial charge on any atom is 0.252 e. The maximum absolute atomic E-state index is 12.6. The summed E-state index contributed by atoms with van der Waals surface area (Å²) in [5.74, 6) is 0.656. The number of carbonyl (C=O) groups is 1. The van der Waals surface area contributed by atoms with Gasteiger partial charge in [-0.1, -0.05) is 24.3 Å². The van der Waals surface area contributed by atoms with Crippen LogP contribution in [-0.2, 0) is 12.3 Å². The second-order valence-corrected chi connectivity index (χ2v) is 7.96. The zero-order valence-corrected chi connectivity index (χ0v) is 15.9. The van der Waals surface area contributed by atoms with Gasteiger partial charge in [0.2, 0.25) is 0 Å². The molecule has 1 N–H and O–H groups in total. The van der Waals surface area contributed by atoms with E-state index < -0.39 is 0 Å². The number of nitriles is 1. The molecule has 0 unspecified atom stereocenters. The fourth-order valence-electron chi connectivity index (χ4n) is 2.37. The third kappa shape index (κ3) is 4.72. The van der Waals surface area contributed by atoms with Gasteiger partial charge in [0.25, 0.3) is 5.91 Å². The van der Waals surface area contributed by atoms with Crippen LogP contribution >= 0.6 is 23.1 Å². The van der Waals surface area contributed by atoms with Crippen LogP contribution in [0.3, 0.4) is 0 Å². The Bertz CT molecular complexity index is 942. The second-order valence-electron chi connectivity index (χ2n) is 5.62. The molecule has 2 aromatic carbocycles. The Balaban J connectivity index is 1.64. The van der Waals surface area contributed by atoms with E-state index in [4.69, 9.17) is 5.26 Å². The molecule has 0 aliphatic rings. The quantitative estimate of drug-likeness (QED) is 0.638. The highest BCUT2D eigenvalue weighted by molar-refractivity contribution is 7.98. The Kier molecular flexibility index (Phi) is 6.05. The van der Waals surface area contributed by atoms with Gasteiger partial charge in [-0.25, -0.2) is 4.98 Å². The number of nitrogens with one attached hydrogen (secondary N) is 1. The van der Waals surface area contributed by atoms with Crippen LogP contribution in [0.5, 0.6) is 0 Å². The minimum atomic E-state index is -0.0843. The fraction of sp³-hybridized carbons (Fsp3) is 0.150. The van der Waals surface area contributed by atoms with Crippen LogP contribution in [0.2, 0.25) is 0 Å². The summed E-state index contributed by atoms with van der Waals surface area (Å²) in [5, 5.41) is 12.8. The molecule has 0 radical (unpaired) electrons. The van der Waals surface area contributed by atoms with Crippen LogP contribution in [-0.4, -0.2) is 10.9 Å². The van der Waals surface area contributed by atoms with Crippen LogP contribution in [0.15, 0.2) is 59.6 Å². The van der Waals surface area contributed by atoms with Crippen molar-refractivity contribution in [3.8, 4) is 6.07 Å². The van der Waals surface area contributed by atoms with Gasteiger partial charge >= 0.3 is 0 Å². The summed E-state index contributed by atoms with van der Waals surface area (Å²) in [6.07, 6.45) is 1.80. The van der Waals surface area contributed by atoms with Gasteiger partial charge in [-0.05, 0) is 36.8 Å². The number of aromatic nitrogens is 1. The Morgan fingerprint density at radius 1 is 1.23 bits per heavy atom. The standard InChI is InChI=1S/C20H17N3OS2/c1-14-22-11-17(26-14)12-23-20(24)18-4-2-3-5-19(18)25-13-16-8-6-15(10-21)7-9-16/h2-9,11H,12-13H2,1H3,(H,23,24). The van der Waals surface area contributed by atoms with Crippen molar-refractivity contribution < 1.29 is 4.79 Å². The van der Waals surface area contributed by atoms with Gasteiger partial charge in [-0.15, -0.1) is 23.1 Å². The molecule has 0 aliphatic carbocycles. The molecule has 0 saturated carbocycles. The van der Waals surface area contributed by atoms with Crippen LogP contribution < -0.4 is 5.32 Å². The number of rotatable bonds is 6. The van der Waals surface area contributed by atoms with Crippen molar-refractivity contribution in [3.05, 3.63) is 81.3 Å². The summed E-state index contributed by atoms with van der Waals surface area (Å²) in [6, 6.07) is 17.2. The van der Waals surface area contributed by atoms with E-state index in [1.807, 2.05) is 55.5 Å². The molecular weight excluding hydrogens is 362 g/mol. The monoisotopic (exact) mass is 379 g/mol. The first-order valence-electron chi connectivity index (χ1n) is 8.06. The van der Waals surface area contributed by atoms with Crippen molar-refractivity contribution in [2.45, 2.75) is 24.1 Å². The summed E-state index contributed by atoms with van der Waals surface area (Å²) >= 11 is 3.20.